The van der Waals surface area contributed by atoms with Gasteiger partial charge in [0.15, 0.2) is 0 Å². The molecule has 3 aromatic rings. The van der Waals surface area contributed by atoms with Crippen molar-refractivity contribution in [3.63, 3.8) is 0 Å². The normalized spacial score (nSPS) is 14.5. The molecular formula is C22H23N3O3. The lowest BCUT2D eigenvalue weighted by Crippen LogP contribution is -2.43. The van der Waals surface area contributed by atoms with E-state index in [0.29, 0.717) is 16.6 Å². The number of rotatable bonds is 4. The zero-order chi connectivity index (χ0) is 19.7. The fraction of sp³-hybridized carbons (Fsp3) is 0.318. The molecule has 28 heavy (non-hydrogen) atoms. The summed E-state index contributed by atoms with van der Waals surface area (Å²) in [5.74, 6) is -0.293. The first-order chi connectivity index (χ1) is 13.6. The van der Waals surface area contributed by atoms with E-state index in [0.717, 1.165) is 31.2 Å². The Balaban J connectivity index is 1.77. The van der Waals surface area contributed by atoms with Gasteiger partial charge in [-0.15, -0.1) is 0 Å². The Hall–Kier alpha value is -3.15. The van der Waals surface area contributed by atoms with Gasteiger partial charge in [-0.2, -0.15) is 0 Å². The maximum absolute atomic E-state index is 13.2. The average Bonchev–Trinajstić information content (AvgIpc) is 3.21. The molecular weight excluding hydrogens is 354 g/mol. The van der Waals surface area contributed by atoms with Crippen LogP contribution < -0.4 is 16.6 Å². The van der Waals surface area contributed by atoms with Gasteiger partial charge in [-0.3, -0.25) is 18.7 Å². The zero-order valence-electron chi connectivity index (χ0n) is 15.9. The predicted molar refractivity (Wildman–Crippen MR) is 110 cm³/mol. The molecule has 2 aromatic carbocycles. The van der Waals surface area contributed by atoms with E-state index in [1.807, 2.05) is 31.2 Å². The van der Waals surface area contributed by atoms with Crippen molar-refractivity contribution in [3.05, 3.63) is 74.9 Å². The van der Waals surface area contributed by atoms with Crippen LogP contribution in [0.1, 0.15) is 37.3 Å². The Morgan fingerprint density at radius 2 is 1.71 bits per heavy atom. The quantitative estimate of drug-likeness (QED) is 0.759. The van der Waals surface area contributed by atoms with Gasteiger partial charge in [-0.25, -0.2) is 4.79 Å². The number of hydrogen-bond donors (Lipinski definition) is 1. The summed E-state index contributed by atoms with van der Waals surface area (Å²) in [6.45, 7) is 1.78. The number of fused-ring (bicyclic) bond motifs is 1. The van der Waals surface area contributed by atoms with Gasteiger partial charge in [-0.1, -0.05) is 43.2 Å². The summed E-state index contributed by atoms with van der Waals surface area (Å²) in [6.07, 6.45) is 3.67. The zero-order valence-corrected chi connectivity index (χ0v) is 15.9. The van der Waals surface area contributed by atoms with E-state index in [1.54, 1.807) is 24.3 Å². The average molecular weight is 377 g/mol. The van der Waals surface area contributed by atoms with Gasteiger partial charge in [0.2, 0.25) is 5.91 Å². The van der Waals surface area contributed by atoms with Crippen molar-refractivity contribution in [2.45, 2.75) is 45.2 Å². The molecule has 0 radical (unpaired) electrons. The summed E-state index contributed by atoms with van der Waals surface area (Å²) in [5.41, 5.74) is 1.49. The van der Waals surface area contributed by atoms with Crippen molar-refractivity contribution in [3.8, 4) is 0 Å². The highest BCUT2D eigenvalue weighted by molar-refractivity contribution is 5.92. The minimum absolute atomic E-state index is 0.0877. The van der Waals surface area contributed by atoms with Crippen molar-refractivity contribution in [2.24, 2.45) is 0 Å². The summed E-state index contributed by atoms with van der Waals surface area (Å²) >= 11 is 0. The number of carbonyl (C=O) groups excluding carboxylic acids is 1. The van der Waals surface area contributed by atoms with E-state index >= 15 is 0 Å². The van der Waals surface area contributed by atoms with Gasteiger partial charge >= 0.3 is 5.69 Å². The largest absolute Gasteiger partial charge is 0.332 e. The van der Waals surface area contributed by atoms with Gasteiger partial charge in [0.25, 0.3) is 5.56 Å². The summed E-state index contributed by atoms with van der Waals surface area (Å²) in [4.78, 5) is 38.8. The molecule has 0 saturated heterocycles. The molecule has 144 valence electrons. The fourth-order valence-corrected chi connectivity index (χ4v) is 4.02. The molecule has 1 aliphatic rings. The third-order valence-corrected chi connectivity index (χ3v) is 5.49. The number of anilines is 1. The van der Waals surface area contributed by atoms with Crippen LogP contribution in [0, 0.1) is 6.92 Å². The molecule has 0 unspecified atom stereocenters. The number of aryl methyl sites for hydroxylation is 1. The maximum atomic E-state index is 13.2. The van der Waals surface area contributed by atoms with Crippen LogP contribution in [0.25, 0.3) is 10.9 Å². The Morgan fingerprint density at radius 1 is 1.04 bits per heavy atom. The highest BCUT2D eigenvalue weighted by atomic mass is 16.2. The summed E-state index contributed by atoms with van der Waals surface area (Å²) in [5, 5.41) is 3.34. The van der Waals surface area contributed by atoms with Crippen LogP contribution in [-0.4, -0.2) is 15.0 Å². The van der Waals surface area contributed by atoms with Crippen LogP contribution in [0.4, 0.5) is 5.69 Å². The van der Waals surface area contributed by atoms with Crippen LogP contribution in [0.15, 0.2) is 58.1 Å². The van der Waals surface area contributed by atoms with E-state index in [4.69, 9.17) is 0 Å². The Bertz CT molecular complexity index is 1150. The molecule has 1 N–H and O–H groups in total. The van der Waals surface area contributed by atoms with E-state index in [-0.39, 0.29) is 24.1 Å². The molecule has 1 aliphatic carbocycles. The molecule has 1 amide bonds. The number of benzene rings is 2. The topological polar surface area (TPSA) is 73.1 Å². The van der Waals surface area contributed by atoms with Crippen molar-refractivity contribution < 1.29 is 4.79 Å². The summed E-state index contributed by atoms with van der Waals surface area (Å²) in [6, 6.07) is 14.4. The molecule has 1 saturated carbocycles. The number of para-hydroxylation sites is 2. The number of carbonyl (C=O) groups is 1. The molecule has 1 fully saturated rings. The summed E-state index contributed by atoms with van der Waals surface area (Å²) in [7, 11) is 0. The second-order valence-corrected chi connectivity index (χ2v) is 7.36. The Morgan fingerprint density at radius 3 is 2.46 bits per heavy atom. The van der Waals surface area contributed by atoms with Crippen LogP contribution in [0.2, 0.25) is 0 Å². The highest BCUT2D eigenvalue weighted by Gasteiger charge is 2.24. The molecule has 0 atom stereocenters. The lowest BCUT2D eigenvalue weighted by Gasteiger charge is -2.18. The Kier molecular flexibility index (Phi) is 4.86. The van der Waals surface area contributed by atoms with Crippen molar-refractivity contribution in [1.82, 2.24) is 9.13 Å². The smallest absolute Gasteiger partial charge is 0.324 e. The van der Waals surface area contributed by atoms with E-state index in [9.17, 15) is 14.4 Å². The first kappa shape index (κ1) is 18.2. The number of nitrogens with zero attached hydrogens (tertiary/aromatic N) is 2. The van der Waals surface area contributed by atoms with E-state index < -0.39 is 5.69 Å². The second kappa shape index (κ2) is 7.46. The third kappa shape index (κ3) is 3.26. The lowest BCUT2D eigenvalue weighted by molar-refractivity contribution is -0.116. The molecule has 0 bridgehead atoms. The molecule has 6 heteroatoms. The number of hydrogen-bond acceptors (Lipinski definition) is 3. The van der Waals surface area contributed by atoms with Crippen molar-refractivity contribution >= 4 is 22.5 Å². The minimum atomic E-state index is -0.407. The minimum Gasteiger partial charge on any atom is -0.324 e. The first-order valence-corrected chi connectivity index (χ1v) is 9.66. The predicted octanol–water partition coefficient (Wildman–Crippen LogP) is 3.23. The Labute approximate surface area is 162 Å². The molecule has 4 rings (SSSR count). The lowest BCUT2D eigenvalue weighted by atomic mass is 10.2. The summed E-state index contributed by atoms with van der Waals surface area (Å²) < 4.78 is 2.78. The van der Waals surface area contributed by atoms with Gasteiger partial charge in [0, 0.05) is 11.7 Å². The van der Waals surface area contributed by atoms with Gasteiger partial charge < -0.3 is 5.32 Å². The van der Waals surface area contributed by atoms with Crippen LogP contribution >= 0.6 is 0 Å². The number of nitrogens with one attached hydrogen (secondary N) is 1. The van der Waals surface area contributed by atoms with Gasteiger partial charge in [0.05, 0.1) is 10.9 Å². The second-order valence-electron chi connectivity index (χ2n) is 7.36. The highest BCUT2D eigenvalue weighted by Crippen LogP contribution is 2.27. The van der Waals surface area contributed by atoms with E-state index in [2.05, 4.69) is 5.32 Å². The first-order valence-electron chi connectivity index (χ1n) is 9.66. The van der Waals surface area contributed by atoms with E-state index in [1.165, 1.54) is 9.13 Å². The third-order valence-electron chi connectivity index (χ3n) is 5.49. The van der Waals surface area contributed by atoms with Crippen LogP contribution in [0.3, 0.4) is 0 Å². The van der Waals surface area contributed by atoms with Crippen LogP contribution in [0.5, 0.6) is 0 Å². The molecule has 0 aliphatic heterocycles. The monoisotopic (exact) mass is 377 g/mol. The molecule has 1 aromatic heterocycles. The van der Waals surface area contributed by atoms with Gasteiger partial charge in [-0.05, 0) is 43.5 Å². The maximum Gasteiger partial charge on any atom is 0.332 e. The number of aromatic nitrogens is 2. The van der Waals surface area contributed by atoms with Crippen LogP contribution in [-0.2, 0) is 11.3 Å². The molecule has 0 spiro atoms. The van der Waals surface area contributed by atoms with Crippen molar-refractivity contribution in [2.75, 3.05) is 5.32 Å². The molecule has 6 nitrogen and oxygen atoms in total. The van der Waals surface area contributed by atoms with Crippen molar-refractivity contribution in [1.29, 1.82) is 0 Å². The fourth-order valence-electron chi connectivity index (χ4n) is 4.02. The standard InChI is InChI=1S/C22H23N3O3/c1-15-8-2-6-12-18(15)23-20(26)14-24-19-13-7-5-11-17(19)21(27)25(22(24)28)16-9-3-4-10-16/h2,5-8,11-13,16H,3-4,9-10,14H2,1H3,(H,23,26). The number of amides is 1. The SMILES string of the molecule is Cc1ccccc1NC(=O)Cn1c(=O)n(C2CCCC2)c(=O)c2ccccc21. The molecule has 1 heterocycles. The van der Waals surface area contributed by atoms with Gasteiger partial charge in [0.1, 0.15) is 6.54 Å².